The first-order valence-corrected chi connectivity index (χ1v) is 13.8. The Morgan fingerprint density at radius 1 is 1.02 bits per heavy atom. The van der Waals surface area contributed by atoms with E-state index in [1.165, 1.54) is 14.0 Å². The number of carbonyl (C=O) groups excluding carboxylic acids is 3. The number of carbonyl (C=O) groups is 3. The fourth-order valence-electron chi connectivity index (χ4n) is 4.93. The summed E-state index contributed by atoms with van der Waals surface area (Å²) in [5.74, 6) is 0.511. The molecule has 1 aliphatic rings. The van der Waals surface area contributed by atoms with E-state index in [9.17, 15) is 19.2 Å². The van der Waals surface area contributed by atoms with Crippen molar-refractivity contribution in [2.75, 3.05) is 26.9 Å². The summed E-state index contributed by atoms with van der Waals surface area (Å²) in [5.41, 5.74) is 6.38. The first-order valence-electron chi connectivity index (χ1n) is 13.8. The summed E-state index contributed by atoms with van der Waals surface area (Å²) in [7, 11) is 3.20. The summed E-state index contributed by atoms with van der Waals surface area (Å²) >= 11 is 0. The number of aromatic nitrogens is 2. The van der Waals surface area contributed by atoms with Gasteiger partial charge < -0.3 is 24.7 Å². The topological polar surface area (TPSA) is 144 Å². The van der Waals surface area contributed by atoms with Gasteiger partial charge in [0.25, 0.3) is 5.91 Å². The van der Waals surface area contributed by atoms with Crippen LogP contribution in [0.5, 0.6) is 11.5 Å². The monoisotopic (exact) mass is 582 g/mol. The van der Waals surface area contributed by atoms with Gasteiger partial charge in [-0.1, -0.05) is 32.9 Å². The lowest BCUT2D eigenvalue weighted by Crippen LogP contribution is -2.47. The molecule has 1 aliphatic heterocycles. The highest BCUT2D eigenvalue weighted by molar-refractivity contribution is 6.00. The van der Waals surface area contributed by atoms with Crippen LogP contribution in [0, 0.1) is 5.41 Å². The molecule has 3 amide bonds. The number of hydrogen-bond acceptors (Lipinski definition) is 8. The Kier molecular flexibility index (Phi) is 9.25. The van der Waals surface area contributed by atoms with Crippen molar-refractivity contribution in [2.24, 2.45) is 18.2 Å². The van der Waals surface area contributed by atoms with Gasteiger partial charge >= 0.3 is 11.8 Å². The standard InChI is InChI=1S/C30H38N4O8/c1-30(2,3)25(18-42-28(31)37)41-15-14-40-21-10-11-22-24(16-21)32(4)29(38)34(22)23-12-13-26(35)33(27(23)36)17-19-6-8-20(39-5)9-7-19/h6-11,16,23,25H,12-15,17-18H2,1-5H3,(H2,31,37). The van der Waals surface area contributed by atoms with E-state index in [4.69, 9.17) is 24.7 Å². The number of nitrogens with two attached hydrogens (primary N) is 1. The van der Waals surface area contributed by atoms with E-state index in [0.717, 1.165) is 5.56 Å². The van der Waals surface area contributed by atoms with Crippen LogP contribution in [0.25, 0.3) is 11.0 Å². The van der Waals surface area contributed by atoms with Gasteiger partial charge in [-0.2, -0.15) is 0 Å². The van der Waals surface area contributed by atoms with E-state index in [0.29, 0.717) is 22.5 Å². The molecule has 3 aromatic rings. The molecule has 2 N–H and O–H groups in total. The molecule has 0 aliphatic carbocycles. The molecule has 0 radical (unpaired) electrons. The van der Waals surface area contributed by atoms with Crippen molar-refractivity contribution in [1.82, 2.24) is 14.0 Å². The fourth-order valence-corrected chi connectivity index (χ4v) is 4.93. The van der Waals surface area contributed by atoms with Crippen LogP contribution in [0.2, 0.25) is 0 Å². The van der Waals surface area contributed by atoms with Crippen molar-refractivity contribution >= 4 is 28.9 Å². The first-order chi connectivity index (χ1) is 19.9. The molecule has 12 heteroatoms. The Morgan fingerprint density at radius 2 is 1.71 bits per heavy atom. The number of rotatable bonds is 11. The number of methoxy groups -OCH3 is 1. The van der Waals surface area contributed by atoms with E-state index in [1.54, 1.807) is 56.6 Å². The van der Waals surface area contributed by atoms with Crippen LogP contribution in [-0.2, 0) is 32.7 Å². The van der Waals surface area contributed by atoms with Gasteiger partial charge in [0, 0.05) is 19.5 Å². The summed E-state index contributed by atoms with van der Waals surface area (Å²) in [6, 6.07) is 11.5. The average molecular weight is 583 g/mol. The molecule has 0 spiro atoms. The minimum absolute atomic E-state index is 0.0312. The molecule has 12 nitrogen and oxygen atoms in total. The number of benzene rings is 2. The zero-order valence-corrected chi connectivity index (χ0v) is 24.6. The van der Waals surface area contributed by atoms with E-state index in [1.807, 2.05) is 20.8 Å². The lowest BCUT2D eigenvalue weighted by molar-refractivity contribution is -0.151. The SMILES string of the molecule is COc1ccc(CN2C(=O)CCC(n3c(=O)n(C)c4cc(OCCOC(COC(N)=O)C(C)(C)C)ccc43)C2=O)cc1. The number of nitrogens with zero attached hydrogens (tertiary/aromatic N) is 3. The maximum absolute atomic E-state index is 13.6. The quantitative estimate of drug-likeness (QED) is 0.268. The predicted octanol–water partition coefficient (Wildman–Crippen LogP) is 3.14. The van der Waals surface area contributed by atoms with Crippen LogP contribution in [0.15, 0.2) is 47.3 Å². The van der Waals surface area contributed by atoms with Crippen molar-refractivity contribution in [3.05, 3.63) is 58.5 Å². The van der Waals surface area contributed by atoms with Crippen molar-refractivity contribution < 1.29 is 33.3 Å². The minimum Gasteiger partial charge on any atom is -0.497 e. The minimum atomic E-state index is -0.860. The summed E-state index contributed by atoms with van der Waals surface area (Å²) in [5, 5.41) is 0. The second kappa shape index (κ2) is 12.7. The fraction of sp³-hybridized carbons (Fsp3) is 0.467. The Hall–Kier alpha value is -4.32. The molecule has 4 rings (SSSR count). The van der Waals surface area contributed by atoms with E-state index in [2.05, 4.69) is 0 Å². The number of likely N-dealkylation sites (tertiary alicyclic amines) is 1. The Bertz CT molecular complexity index is 1500. The summed E-state index contributed by atoms with van der Waals surface area (Å²) in [6.07, 6.45) is -0.854. The number of amides is 3. The number of imide groups is 1. The van der Waals surface area contributed by atoms with E-state index >= 15 is 0 Å². The molecule has 1 fully saturated rings. The molecule has 2 heterocycles. The maximum Gasteiger partial charge on any atom is 0.404 e. The second-order valence-electron chi connectivity index (χ2n) is 11.3. The summed E-state index contributed by atoms with van der Waals surface area (Å²) in [4.78, 5) is 51.9. The molecule has 1 saturated heterocycles. The van der Waals surface area contributed by atoms with Crippen LogP contribution >= 0.6 is 0 Å². The smallest absolute Gasteiger partial charge is 0.404 e. The van der Waals surface area contributed by atoms with Crippen LogP contribution in [0.4, 0.5) is 4.79 Å². The number of hydrogen-bond donors (Lipinski definition) is 1. The van der Waals surface area contributed by atoms with Gasteiger partial charge in [-0.3, -0.25) is 23.6 Å². The third-order valence-corrected chi connectivity index (χ3v) is 7.37. The van der Waals surface area contributed by atoms with Gasteiger partial charge in [0.15, 0.2) is 0 Å². The summed E-state index contributed by atoms with van der Waals surface area (Å²) < 4.78 is 24.8. The molecule has 2 aromatic carbocycles. The van der Waals surface area contributed by atoms with Crippen molar-refractivity contribution in [2.45, 2.75) is 52.3 Å². The number of primary amides is 1. The lowest BCUT2D eigenvalue weighted by atomic mass is 9.89. The highest BCUT2D eigenvalue weighted by atomic mass is 16.6. The highest BCUT2D eigenvalue weighted by Gasteiger charge is 2.37. The summed E-state index contributed by atoms with van der Waals surface area (Å²) in [6.45, 7) is 6.49. The highest BCUT2D eigenvalue weighted by Crippen LogP contribution is 2.30. The Balaban J connectivity index is 1.47. The molecular weight excluding hydrogens is 544 g/mol. The van der Waals surface area contributed by atoms with Crippen molar-refractivity contribution in [3.8, 4) is 11.5 Å². The van der Waals surface area contributed by atoms with Gasteiger partial charge in [-0.05, 0) is 41.7 Å². The molecule has 2 unspecified atom stereocenters. The predicted molar refractivity (Wildman–Crippen MR) is 154 cm³/mol. The molecule has 2 atom stereocenters. The van der Waals surface area contributed by atoms with Crippen LogP contribution in [0.1, 0.15) is 45.2 Å². The maximum atomic E-state index is 13.6. The second-order valence-corrected chi connectivity index (χ2v) is 11.3. The van der Waals surface area contributed by atoms with Gasteiger partial charge in [-0.15, -0.1) is 0 Å². The molecule has 0 bridgehead atoms. The molecule has 1 aromatic heterocycles. The van der Waals surface area contributed by atoms with Gasteiger partial charge in [0.1, 0.15) is 30.8 Å². The first kappa shape index (κ1) is 30.6. The zero-order chi connectivity index (χ0) is 30.6. The van der Waals surface area contributed by atoms with Crippen LogP contribution < -0.4 is 20.9 Å². The number of imidazole rings is 1. The Labute approximate surface area is 243 Å². The largest absolute Gasteiger partial charge is 0.497 e. The molecule has 42 heavy (non-hydrogen) atoms. The Morgan fingerprint density at radius 3 is 2.36 bits per heavy atom. The average Bonchev–Trinajstić information content (AvgIpc) is 3.19. The van der Waals surface area contributed by atoms with E-state index in [-0.39, 0.29) is 62.3 Å². The molecule has 0 saturated carbocycles. The lowest BCUT2D eigenvalue weighted by Gasteiger charge is -2.31. The zero-order valence-electron chi connectivity index (χ0n) is 24.6. The van der Waals surface area contributed by atoms with Gasteiger partial charge in [0.2, 0.25) is 5.91 Å². The van der Waals surface area contributed by atoms with E-state index < -0.39 is 18.0 Å². The molecular formula is C30H38N4O8. The van der Waals surface area contributed by atoms with Gasteiger partial charge in [0.05, 0.1) is 37.4 Å². The normalized spacial score (nSPS) is 16.5. The van der Waals surface area contributed by atoms with Crippen LogP contribution in [0.3, 0.4) is 0 Å². The van der Waals surface area contributed by atoms with Gasteiger partial charge in [-0.25, -0.2) is 9.59 Å². The number of piperidine rings is 1. The van der Waals surface area contributed by atoms with Crippen molar-refractivity contribution in [3.63, 3.8) is 0 Å². The third-order valence-electron chi connectivity index (χ3n) is 7.37. The van der Waals surface area contributed by atoms with Crippen LogP contribution in [-0.4, -0.2) is 65.0 Å². The third kappa shape index (κ3) is 6.76. The number of fused-ring (bicyclic) bond motifs is 1. The number of aryl methyl sites for hydroxylation is 1. The van der Waals surface area contributed by atoms with Crippen molar-refractivity contribution in [1.29, 1.82) is 0 Å². The molecule has 226 valence electrons. The number of ether oxygens (including phenoxy) is 4.